The highest BCUT2D eigenvalue weighted by Gasteiger charge is 1.99. The Labute approximate surface area is 92.9 Å². The molecule has 0 amide bonds. The molecule has 15 heavy (non-hydrogen) atoms. The van der Waals surface area contributed by atoms with Crippen LogP contribution in [-0.2, 0) is 0 Å². The molecule has 3 nitrogen and oxygen atoms in total. The first-order chi connectivity index (χ1) is 7.25. The molecular weight excluding hydrogens is 210 g/mol. The number of nitrogens with zero attached hydrogens (tertiary/aromatic N) is 1. The van der Waals surface area contributed by atoms with Crippen molar-refractivity contribution in [2.24, 2.45) is 0 Å². The molecule has 2 aromatic rings. The van der Waals surface area contributed by atoms with Gasteiger partial charge in [0.2, 0.25) is 0 Å². The first-order valence-electron chi connectivity index (χ1n) is 4.49. The molecule has 76 valence electrons. The Balaban J connectivity index is 2.26. The van der Waals surface area contributed by atoms with Crippen molar-refractivity contribution < 1.29 is 0 Å². The maximum atomic E-state index is 5.99. The molecule has 0 atom stereocenters. The van der Waals surface area contributed by atoms with Gasteiger partial charge in [-0.15, -0.1) is 0 Å². The summed E-state index contributed by atoms with van der Waals surface area (Å²) in [7, 11) is 0. The van der Waals surface area contributed by atoms with Gasteiger partial charge in [-0.05, 0) is 18.2 Å². The number of hydrogen-bond donors (Lipinski definition) is 2. The fourth-order valence-electron chi connectivity index (χ4n) is 1.22. The predicted molar refractivity (Wildman–Crippen MR) is 63.4 cm³/mol. The fraction of sp³-hybridized carbons (Fsp3) is 0. The minimum atomic E-state index is 0.654. The molecule has 3 N–H and O–H groups in total. The quantitative estimate of drug-likeness (QED) is 0.816. The van der Waals surface area contributed by atoms with Gasteiger partial charge in [-0.2, -0.15) is 0 Å². The third kappa shape index (κ3) is 2.39. The van der Waals surface area contributed by atoms with Crippen LogP contribution in [0.5, 0.6) is 0 Å². The van der Waals surface area contributed by atoms with Crippen LogP contribution in [0.1, 0.15) is 0 Å². The molecule has 1 aromatic carbocycles. The van der Waals surface area contributed by atoms with E-state index in [2.05, 4.69) is 10.3 Å². The molecule has 0 aliphatic carbocycles. The van der Waals surface area contributed by atoms with Crippen molar-refractivity contribution in [1.29, 1.82) is 0 Å². The van der Waals surface area contributed by atoms with E-state index in [0.717, 1.165) is 5.69 Å². The number of hydrogen-bond acceptors (Lipinski definition) is 3. The van der Waals surface area contributed by atoms with Gasteiger partial charge in [-0.1, -0.05) is 23.7 Å². The second-order valence-electron chi connectivity index (χ2n) is 3.08. The summed E-state index contributed by atoms with van der Waals surface area (Å²) < 4.78 is 0. The zero-order chi connectivity index (χ0) is 10.7. The van der Waals surface area contributed by atoms with Gasteiger partial charge in [0.1, 0.15) is 5.82 Å². The summed E-state index contributed by atoms with van der Waals surface area (Å²) in [5, 5.41) is 3.74. The number of nitrogen functional groups attached to an aromatic ring is 1. The van der Waals surface area contributed by atoms with Crippen molar-refractivity contribution in [3.8, 4) is 0 Å². The fourth-order valence-corrected chi connectivity index (χ4v) is 1.40. The van der Waals surface area contributed by atoms with E-state index >= 15 is 0 Å². The predicted octanol–water partition coefficient (Wildman–Crippen LogP) is 3.06. The van der Waals surface area contributed by atoms with Gasteiger partial charge in [-0.3, -0.25) is 0 Å². The minimum absolute atomic E-state index is 0.654. The molecule has 0 fully saturated rings. The van der Waals surface area contributed by atoms with Gasteiger partial charge < -0.3 is 11.1 Å². The van der Waals surface area contributed by atoms with Crippen LogP contribution in [0.4, 0.5) is 17.2 Å². The van der Waals surface area contributed by atoms with E-state index < -0.39 is 0 Å². The van der Waals surface area contributed by atoms with Crippen molar-refractivity contribution >= 4 is 28.8 Å². The molecule has 0 saturated carbocycles. The van der Waals surface area contributed by atoms with E-state index in [1.54, 1.807) is 18.3 Å². The van der Waals surface area contributed by atoms with Gasteiger partial charge in [0.05, 0.1) is 10.7 Å². The van der Waals surface area contributed by atoms with Crippen LogP contribution in [0, 0.1) is 0 Å². The smallest absolute Gasteiger partial charge is 0.132 e. The number of halogens is 1. The number of anilines is 3. The average Bonchev–Trinajstić information content (AvgIpc) is 2.22. The van der Waals surface area contributed by atoms with E-state index in [1.165, 1.54) is 0 Å². The molecular formula is C11H10ClN3. The van der Waals surface area contributed by atoms with E-state index in [4.69, 9.17) is 17.3 Å². The number of rotatable bonds is 2. The number of aromatic nitrogens is 1. The maximum absolute atomic E-state index is 5.99. The van der Waals surface area contributed by atoms with Crippen LogP contribution in [0.2, 0.25) is 5.02 Å². The Morgan fingerprint density at radius 2 is 2.00 bits per heavy atom. The molecule has 0 aliphatic heterocycles. The lowest BCUT2D eigenvalue weighted by molar-refractivity contribution is 1.31. The van der Waals surface area contributed by atoms with E-state index in [0.29, 0.717) is 16.5 Å². The van der Waals surface area contributed by atoms with Crippen LogP contribution in [0.25, 0.3) is 0 Å². The molecule has 0 radical (unpaired) electrons. The number of nitrogens with two attached hydrogens (primary N) is 1. The number of benzene rings is 1. The summed E-state index contributed by atoms with van der Waals surface area (Å²) in [5.41, 5.74) is 7.12. The Kier molecular flexibility index (Phi) is 2.74. The third-order valence-corrected chi connectivity index (χ3v) is 2.25. The summed E-state index contributed by atoms with van der Waals surface area (Å²) in [6.07, 6.45) is 1.65. The van der Waals surface area contributed by atoms with Crippen molar-refractivity contribution in [2.75, 3.05) is 11.1 Å². The Hall–Kier alpha value is -1.74. The molecule has 0 spiro atoms. The SMILES string of the molecule is Nc1ccnc(Nc2ccccc2Cl)c1. The molecule has 0 unspecified atom stereocenters. The third-order valence-electron chi connectivity index (χ3n) is 1.92. The first-order valence-corrected chi connectivity index (χ1v) is 4.86. The van der Waals surface area contributed by atoms with E-state index in [-0.39, 0.29) is 0 Å². The molecule has 4 heteroatoms. The number of pyridine rings is 1. The van der Waals surface area contributed by atoms with Crippen LogP contribution in [-0.4, -0.2) is 4.98 Å². The van der Waals surface area contributed by atoms with Gasteiger partial charge in [0, 0.05) is 18.0 Å². The van der Waals surface area contributed by atoms with Crippen molar-refractivity contribution in [1.82, 2.24) is 4.98 Å². The molecule has 2 rings (SSSR count). The zero-order valence-electron chi connectivity index (χ0n) is 7.94. The van der Waals surface area contributed by atoms with Crippen LogP contribution >= 0.6 is 11.6 Å². The zero-order valence-corrected chi connectivity index (χ0v) is 8.70. The van der Waals surface area contributed by atoms with E-state index in [9.17, 15) is 0 Å². The lowest BCUT2D eigenvalue weighted by atomic mass is 10.3. The van der Waals surface area contributed by atoms with Crippen LogP contribution < -0.4 is 11.1 Å². The van der Waals surface area contributed by atoms with Gasteiger partial charge in [0.25, 0.3) is 0 Å². The first kappa shape index (κ1) is 9.80. The average molecular weight is 220 g/mol. The van der Waals surface area contributed by atoms with Crippen molar-refractivity contribution in [3.63, 3.8) is 0 Å². The summed E-state index contributed by atoms with van der Waals surface area (Å²) in [6.45, 7) is 0. The number of nitrogens with one attached hydrogen (secondary N) is 1. The lowest BCUT2D eigenvalue weighted by Crippen LogP contribution is -1.95. The normalized spacial score (nSPS) is 9.93. The molecule has 1 aromatic heterocycles. The highest BCUT2D eigenvalue weighted by atomic mass is 35.5. The van der Waals surface area contributed by atoms with Crippen molar-refractivity contribution in [2.45, 2.75) is 0 Å². The van der Waals surface area contributed by atoms with Crippen molar-refractivity contribution in [3.05, 3.63) is 47.6 Å². The van der Waals surface area contributed by atoms with Gasteiger partial charge in [0.15, 0.2) is 0 Å². The Morgan fingerprint density at radius 1 is 1.20 bits per heavy atom. The standard InChI is InChI=1S/C11H10ClN3/c12-9-3-1-2-4-10(9)15-11-7-8(13)5-6-14-11/h1-7H,(H3,13,14,15). The highest BCUT2D eigenvalue weighted by molar-refractivity contribution is 6.33. The minimum Gasteiger partial charge on any atom is -0.399 e. The second kappa shape index (κ2) is 4.19. The highest BCUT2D eigenvalue weighted by Crippen LogP contribution is 2.24. The van der Waals surface area contributed by atoms with Gasteiger partial charge in [-0.25, -0.2) is 4.98 Å². The van der Waals surface area contributed by atoms with Gasteiger partial charge >= 0.3 is 0 Å². The molecule has 1 heterocycles. The summed E-state index contributed by atoms with van der Waals surface area (Å²) in [5.74, 6) is 0.683. The monoisotopic (exact) mass is 219 g/mol. The summed E-state index contributed by atoms with van der Waals surface area (Å²) >= 11 is 5.99. The number of para-hydroxylation sites is 1. The second-order valence-corrected chi connectivity index (χ2v) is 3.49. The molecule has 0 aliphatic rings. The Bertz CT molecular complexity index is 471. The molecule has 0 bridgehead atoms. The summed E-state index contributed by atoms with van der Waals surface area (Å²) in [6, 6.07) is 11.0. The lowest BCUT2D eigenvalue weighted by Gasteiger charge is -2.07. The van der Waals surface area contributed by atoms with Crippen LogP contribution in [0.15, 0.2) is 42.6 Å². The largest absolute Gasteiger partial charge is 0.399 e. The topological polar surface area (TPSA) is 50.9 Å². The summed E-state index contributed by atoms with van der Waals surface area (Å²) in [4.78, 5) is 4.13. The van der Waals surface area contributed by atoms with Crippen LogP contribution in [0.3, 0.4) is 0 Å². The Morgan fingerprint density at radius 3 is 2.73 bits per heavy atom. The maximum Gasteiger partial charge on any atom is 0.132 e. The van der Waals surface area contributed by atoms with E-state index in [1.807, 2.05) is 24.3 Å². The molecule has 0 saturated heterocycles.